The third kappa shape index (κ3) is 5.12. The van der Waals surface area contributed by atoms with Gasteiger partial charge in [0.2, 0.25) is 23.2 Å². The Morgan fingerprint density at radius 2 is 1.89 bits per heavy atom. The first-order chi connectivity index (χ1) is 17.1. The molecule has 0 radical (unpaired) electrons. The predicted molar refractivity (Wildman–Crippen MR) is 137 cm³/mol. The average molecular weight is 491 g/mol. The van der Waals surface area contributed by atoms with E-state index in [2.05, 4.69) is 17.1 Å². The average Bonchev–Trinajstić information content (AvgIpc) is 3.32. The summed E-state index contributed by atoms with van der Waals surface area (Å²) in [5.74, 6) is 2.00. The van der Waals surface area contributed by atoms with Crippen molar-refractivity contribution in [2.24, 2.45) is 0 Å². The minimum Gasteiger partial charge on any atom is -0.490 e. The van der Waals surface area contributed by atoms with Gasteiger partial charge in [-0.05, 0) is 62.4 Å². The van der Waals surface area contributed by atoms with E-state index in [9.17, 15) is 4.79 Å². The lowest BCUT2D eigenvalue weighted by molar-refractivity contribution is -0.118. The largest absolute Gasteiger partial charge is 0.490 e. The van der Waals surface area contributed by atoms with Crippen LogP contribution in [-0.4, -0.2) is 32.9 Å². The zero-order valence-corrected chi connectivity index (χ0v) is 21.0. The van der Waals surface area contributed by atoms with Crippen molar-refractivity contribution in [2.45, 2.75) is 69.9 Å². The van der Waals surface area contributed by atoms with Gasteiger partial charge in [0, 0.05) is 23.8 Å². The highest BCUT2D eigenvalue weighted by Crippen LogP contribution is 2.43. The van der Waals surface area contributed by atoms with Crippen LogP contribution >= 0.6 is 11.8 Å². The van der Waals surface area contributed by atoms with Gasteiger partial charge in [0.25, 0.3) is 0 Å². The van der Waals surface area contributed by atoms with Crippen molar-refractivity contribution in [2.75, 3.05) is 10.7 Å². The number of ether oxygens (including phenoxy) is 2. The van der Waals surface area contributed by atoms with Gasteiger partial charge in [0.1, 0.15) is 5.75 Å². The van der Waals surface area contributed by atoms with E-state index in [1.165, 1.54) is 12.8 Å². The molecule has 1 fully saturated rings. The molecule has 2 aromatic carbocycles. The van der Waals surface area contributed by atoms with Crippen LogP contribution in [0.1, 0.15) is 64.2 Å². The van der Waals surface area contributed by atoms with E-state index < -0.39 is 6.23 Å². The van der Waals surface area contributed by atoms with Crippen molar-refractivity contribution in [3.05, 3.63) is 54.1 Å². The molecule has 0 N–H and O–H groups in total. The van der Waals surface area contributed by atoms with Crippen molar-refractivity contribution in [3.8, 4) is 22.9 Å². The van der Waals surface area contributed by atoms with Gasteiger partial charge in [-0.25, -0.2) is 0 Å². The second-order valence-corrected chi connectivity index (χ2v) is 9.98. The van der Waals surface area contributed by atoms with Gasteiger partial charge in [-0.15, -0.1) is 10.2 Å². The second kappa shape index (κ2) is 10.6. The lowest BCUT2D eigenvalue weighted by Crippen LogP contribution is -2.36. The standard InChI is InChI=1S/C27H30N4O3S/c1-3-4-17-35-27-28-25-24(29-30-27)22-11-7-8-12-23(22)31(18(2)32)26(34-25)19-13-15-21(16-14-19)33-20-9-5-6-10-20/h7-8,11-16,20,26H,3-6,9-10,17H2,1-2H3/t26-/m1/s1. The van der Waals surface area contributed by atoms with Crippen LogP contribution in [0, 0.1) is 0 Å². The number of aromatic nitrogens is 3. The summed E-state index contributed by atoms with van der Waals surface area (Å²) in [5, 5.41) is 9.38. The number of hydrogen-bond donors (Lipinski definition) is 0. The molecule has 1 aromatic heterocycles. The molecule has 1 aliphatic heterocycles. The smallest absolute Gasteiger partial charge is 0.247 e. The van der Waals surface area contributed by atoms with Crippen LogP contribution in [0.3, 0.4) is 0 Å². The number of nitrogens with zero attached hydrogens (tertiary/aromatic N) is 4. The molecule has 5 rings (SSSR count). The van der Waals surface area contributed by atoms with E-state index in [0.717, 1.165) is 54.0 Å². The Morgan fingerprint density at radius 3 is 2.63 bits per heavy atom. The van der Waals surface area contributed by atoms with Gasteiger partial charge >= 0.3 is 0 Å². The second-order valence-electron chi connectivity index (χ2n) is 8.92. The third-order valence-corrected chi connectivity index (χ3v) is 7.27. The lowest BCUT2D eigenvalue weighted by atomic mass is 10.1. The number of unbranched alkanes of at least 4 members (excludes halogenated alkanes) is 1. The maximum absolute atomic E-state index is 12.9. The van der Waals surface area contributed by atoms with Gasteiger partial charge in [-0.2, -0.15) is 4.98 Å². The van der Waals surface area contributed by atoms with E-state index in [4.69, 9.17) is 14.5 Å². The van der Waals surface area contributed by atoms with Crippen molar-refractivity contribution in [1.29, 1.82) is 0 Å². The number of para-hydroxylation sites is 1. The van der Waals surface area contributed by atoms with Gasteiger partial charge < -0.3 is 9.47 Å². The molecule has 7 nitrogen and oxygen atoms in total. The first-order valence-corrected chi connectivity index (χ1v) is 13.3. The fourth-order valence-corrected chi connectivity index (χ4v) is 5.41. The van der Waals surface area contributed by atoms with Crippen LogP contribution in [-0.2, 0) is 4.79 Å². The lowest BCUT2D eigenvalue weighted by Gasteiger charge is -2.30. The molecule has 182 valence electrons. The summed E-state index contributed by atoms with van der Waals surface area (Å²) in [4.78, 5) is 19.3. The van der Waals surface area contributed by atoms with E-state index in [0.29, 0.717) is 16.7 Å². The van der Waals surface area contributed by atoms with E-state index >= 15 is 0 Å². The Morgan fingerprint density at radius 1 is 1.11 bits per heavy atom. The van der Waals surface area contributed by atoms with Crippen molar-refractivity contribution >= 4 is 23.4 Å². The van der Waals surface area contributed by atoms with E-state index in [1.807, 2.05) is 48.5 Å². The first-order valence-electron chi connectivity index (χ1n) is 12.3. The van der Waals surface area contributed by atoms with Crippen LogP contribution in [0.25, 0.3) is 11.3 Å². The zero-order valence-electron chi connectivity index (χ0n) is 20.1. The molecular formula is C27H30N4O3S. The summed E-state index contributed by atoms with van der Waals surface area (Å²) in [6.45, 7) is 3.70. The summed E-state index contributed by atoms with van der Waals surface area (Å²) >= 11 is 1.57. The number of fused-ring (bicyclic) bond motifs is 3. The molecule has 0 bridgehead atoms. The molecule has 0 unspecified atom stereocenters. The topological polar surface area (TPSA) is 77.4 Å². The molecule has 35 heavy (non-hydrogen) atoms. The maximum Gasteiger partial charge on any atom is 0.247 e. The molecule has 2 aliphatic rings. The zero-order chi connectivity index (χ0) is 24.2. The molecule has 1 saturated carbocycles. The Hall–Kier alpha value is -3.13. The molecule has 0 saturated heterocycles. The summed E-state index contributed by atoms with van der Waals surface area (Å²) in [6, 6.07) is 15.5. The molecule has 8 heteroatoms. The number of anilines is 1. The maximum atomic E-state index is 12.9. The SMILES string of the molecule is CCCCSc1nnc2c(n1)O[C@H](c1ccc(OC3CCCC3)cc1)N(C(C)=O)c1ccccc1-2. The van der Waals surface area contributed by atoms with Gasteiger partial charge in [-0.3, -0.25) is 9.69 Å². The quantitative estimate of drug-likeness (QED) is 0.288. The van der Waals surface area contributed by atoms with Gasteiger partial charge in [0.05, 0.1) is 11.8 Å². The number of carbonyl (C=O) groups excluding carboxylic acids is 1. The summed E-state index contributed by atoms with van der Waals surface area (Å²) in [5.41, 5.74) is 2.86. The number of amides is 1. The molecule has 2 heterocycles. The van der Waals surface area contributed by atoms with Gasteiger partial charge in [0.15, 0.2) is 5.69 Å². The minimum absolute atomic E-state index is 0.132. The predicted octanol–water partition coefficient (Wildman–Crippen LogP) is 6.20. The highest BCUT2D eigenvalue weighted by molar-refractivity contribution is 7.99. The van der Waals surface area contributed by atoms with Crippen molar-refractivity contribution in [3.63, 3.8) is 0 Å². The Balaban J connectivity index is 1.52. The molecule has 1 aliphatic carbocycles. The van der Waals surface area contributed by atoms with Crippen LogP contribution < -0.4 is 14.4 Å². The molecule has 0 spiro atoms. The third-order valence-electron chi connectivity index (χ3n) is 6.35. The summed E-state index contributed by atoms with van der Waals surface area (Å²) < 4.78 is 12.6. The van der Waals surface area contributed by atoms with Crippen LogP contribution in [0.4, 0.5) is 5.69 Å². The number of benzene rings is 2. The highest BCUT2D eigenvalue weighted by Gasteiger charge is 2.34. The van der Waals surface area contributed by atoms with E-state index in [1.54, 1.807) is 23.6 Å². The monoisotopic (exact) mass is 490 g/mol. The molecule has 1 atom stereocenters. The van der Waals surface area contributed by atoms with Crippen molar-refractivity contribution in [1.82, 2.24) is 15.2 Å². The number of hydrogen-bond acceptors (Lipinski definition) is 7. The molecular weight excluding hydrogens is 460 g/mol. The normalized spacial score (nSPS) is 17.3. The number of carbonyl (C=O) groups is 1. The fraction of sp³-hybridized carbons (Fsp3) is 0.407. The van der Waals surface area contributed by atoms with Crippen LogP contribution in [0.15, 0.2) is 53.7 Å². The Kier molecular flexibility index (Phi) is 7.18. The molecule has 3 aromatic rings. The fourth-order valence-electron chi connectivity index (χ4n) is 4.55. The van der Waals surface area contributed by atoms with Crippen LogP contribution in [0.5, 0.6) is 11.6 Å². The first kappa shape index (κ1) is 23.6. The highest BCUT2D eigenvalue weighted by atomic mass is 32.2. The van der Waals surface area contributed by atoms with Gasteiger partial charge in [-0.1, -0.05) is 43.3 Å². The summed E-state index contributed by atoms with van der Waals surface area (Å²) in [7, 11) is 0. The summed E-state index contributed by atoms with van der Waals surface area (Å²) in [6.07, 6.45) is 6.42. The minimum atomic E-state index is -0.694. The Bertz CT molecular complexity index is 1180. The van der Waals surface area contributed by atoms with Crippen LogP contribution in [0.2, 0.25) is 0 Å². The van der Waals surface area contributed by atoms with E-state index in [-0.39, 0.29) is 12.0 Å². The van der Waals surface area contributed by atoms with Crippen molar-refractivity contribution < 1.29 is 14.3 Å². The Labute approximate surface area is 210 Å². The molecule has 1 amide bonds. The number of rotatable bonds is 7. The number of thioether (sulfide) groups is 1.